The van der Waals surface area contributed by atoms with E-state index in [1.54, 1.807) is 0 Å². The third kappa shape index (κ3) is 1.21. The molecule has 0 N–H and O–H groups in total. The number of ketones is 1. The smallest absolute Gasteiger partial charge is 0.172 e. The van der Waals surface area contributed by atoms with Gasteiger partial charge in [0.15, 0.2) is 5.78 Å². The Hall–Kier alpha value is -1.37. The predicted molar refractivity (Wildman–Crippen MR) is 53.2 cm³/mol. The fourth-order valence-electron chi connectivity index (χ4n) is 1.59. The largest absolute Gasteiger partial charge is 0.293 e. The molecule has 1 aliphatic carbocycles. The number of rotatable bonds is 1. The highest BCUT2D eigenvalue weighted by molar-refractivity contribution is 6.30. The van der Waals surface area contributed by atoms with Crippen LogP contribution in [-0.4, -0.2) is 5.78 Å². The van der Waals surface area contributed by atoms with Crippen LogP contribution in [0.15, 0.2) is 36.4 Å². The van der Waals surface area contributed by atoms with Crippen molar-refractivity contribution in [2.45, 2.75) is 13.8 Å². The Morgan fingerprint density at radius 3 is 2.15 bits per heavy atom. The Balaban J connectivity index is 2.38. The number of Topliss-reactive ketones (excluding diaryl/α,β-unsaturated/α-hetero) is 1. The van der Waals surface area contributed by atoms with Gasteiger partial charge >= 0.3 is 0 Å². The van der Waals surface area contributed by atoms with E-state index in [1.807, 2.05) is 50.3 Å². The zero-order valence-electron chi connectivity index (χ0n) is 7.87. The molecule has 0 saturated carbocycles. The van der Waals surface area contributed by atoms with Gasteiger partial charge in [0.1, 0.15) is 0 Å². The van der Waals surface area contributed by atoms with Crippen LogP contribution in [0.4, 0.5) is 0 Å². The molecule has 13 heavy (non-hydrogen) atoms. The van der Waals surface area contributed by atoms with Gasteiger partial charge in [-0.25, -0.2) is 0 Å². The van der Waals surface area contributed by atoms with Crippen LogP contribution in [0.1, 0.15) is 19.4 Å². The van der Waals surface area contributed by atoms with Crippen LogP contribution in [0.3, 0.4) is 0 Å². The van der Waals surface area contributed by atoms with Crippen molar-refractivity contribution in [1.29, 1.82) is 0 Å². The molecular weight excluding hydrogens is 160 g/mol. The van der Waals surface area contributed by atoms with E-state index in [0.29, 0.717) is 0 Å². The van der Waals surface area contributed by atoms with Gasteiger partial charge < -0.3 is 0 Å². The van der Waals surface area contributed by atoms with Gasteiger partial charge in [0, 0.05) is 11.0 Å². The third-order valence-corrected chi connectivity index (χ3v) is 2.42. The summed E-state index contributed by atoms with van der Waals surface area (Å²) in [7, 11) is 0. The quantitative estimate of drug-likeness (QED) is 0.636. The van der Waals surface area contributed by atoms with Crippen molar-refractivity contribution in [3.63, 3.8) is 0 Å². The summed E-state index contributed by atoms with van der Waals surface area (Å²) in [5, 5.41) is 0. The lowest BCUT2D eigenvalue weighted by molar-refractivity contribution is -0.120. The van der Waals surface area contributed by atoms with Crippen molar-refractivity contribution >= 4 is 11.4 Å². The van der Waals surface area contributed by atoms with Crippen LogP contribution in [0, 0.1) is 5.41 Å². The van der Waals surface area contributed by atoms with Crippen molar-refractivity contribution in [3.8, 4) is 0 Å². The van der Waals surface area contributed by atoms with Crippen molar-refractivity contribution in [3.05, 3.63) is 42.0 Å². The van der Waals surface area contributed by atoms with Gasteiger partial charge in [0.25, 0.3) is 0 Å². The first-order chi connectivity index (χ1) is 6.11. The number of benzene rings is 1. The highest BCUT2D eigenvalue weighted by atomic mass is 16.1. The van der Waals surface area contributed by atoms with Crippen LogP contribution >= 0.6 is 0 Å². The lowest BCUT2D eigenvalue weighted by atomic mass is 9.71. The summed E-state index contributed by atoms with van der Waals surface area (Å²) in [5.41, 5.74) is 1.66. The van der Waals surface area contributed by atoms with E-state index < -0.39 is 0 Å². The molecule has 66 valence electrons. The monoisotopic (exact) mass is 172 g/mol. The van der Waals surface area contributed by atoms with Crippen LogP contribution in [0.2, 0.25) is 0 Å². The summed E-state index contributed by atoms with van der Waals surface area (Å²) >= 11 is 0. The lowest BCUT2D eigenvalue weighted by Gasteiger charge is -2.30. The highest BCUT2D eigenvalue weighted by Gasteiger charge is 2.37. The van der Waals surface area contributed by atoms with E-state index in [2.05, 4.69) is 0 Å². The maximum absolute atomic E-state index is 11.6. The second kappa shape index (κ2) is 2.56. The zero-order chi connectivity index (χ0) is 9.47. The minimum absolute atomic E-state index is 0.245. The summed E-state index contributed by atoms with van der Waals surface area (Å²) in [5.74, 6) is 0.249. The van der Waals surface area contributed by atoms with E-state index in [4.69, 9.17) is 0 Å². The molecule has 1 aromatic rings. The minimum Gasteiger partial charge on any atom is -0.293 e. The Bertz CT molecular complexity index is 371. The summed E-state index contributed by atoms with van der Waals surface area (Å²) in [6, 6.07) is 9.81. The molecule has 1 aromatic carbocycles. The van der Waals surface area contributed by atoms with Crippen LogP contribution in [0.25, 0.3) is 5.57 Å². The molecule has 0 unspecified atom stereocenters. The van der Waals surface area contributed by atoms with Crippen LogP contribution in [-0.2, 0) is 4.79 Å². The molecule has 0 atom stereocenters. The van der Waals surface area contributed by atoms with Crippen LogP contribution in [0.5, 0.6) is 0 Å². The molecule has 0 aromatic heterocycles. The molecule has 0 saturated heterocycles. The molecule has 0 spiro atoms. The Morgan fingerprint density at radius 2 is 1.69 bits per heavy atom. The maximum Gasteiger partial charge on any atom is 0.172 e. The van der Waals surface area contributed by atoms with Gasteiger partial charge in [-0.3, -0.25) is 4.79 Å². The average Bonchev–Trinajstić information content (AvgIpc) is 2.15. The predicted octanol–water partition coefficient (Wildman–Crippen LogP) is 2.68. The van der Waals surface area contributed by atoms with Crippen molar-refractivity contribution < 1.29 is 4.79 Å². The first-order valence-corrected chi connectivity index (χ1v) is 4.44. The fraction of sp³-hybridized carbons (Fsp3) is 0.250. The Kier molecular flexibility index (Phi) is 1.62. The molecule has 0 amide bonds. The van der Waals surface area contributed by atoms with E-state index in [0.717, 1.165) is 11.1 Å². The van der Waals surface area contributed by atoms with Gasteiger partial charge in [0.05, 0.1) is 0 Å². The summed E-state index contributed by atoms with van der Waals surface area (Å²) in [6.07, 6.45) is 2.03. The molecular formula is C12H12O. The number of carbonyl (C=O) groups is 1. The minimum atomic E-state index is -0.245. The van der Waals surface area contributed by atoms with Crippen molar-refractivity contribution in [1.82, 2.24) is 0 Å². The number of allylic oxidation sites excluding steroid dienone is 2. The second-order valence-electron chi connectivity index (χ2n) is 3.97. The number of carbonyl (C=O) groups excluding carboxylic acids is 1. The zero-order valence-corrected chi connectivity index (χ0v) is 7.87. The molecule has 1 aliphatic rings. The number of hydrogen-bond donors (Lipinski definition) is 0. The summed E-state index contributed by atoms with van der Waals surface area (Å²) in [4.78, 5) is 11.6. The third-order valence-electron chi connectivity index (χ3n) is 2.42. The van der Waals surface area contributed by atoms with Gasteiger partial charge in [-0.05, 0) is 19.4 Å². The Morgan fingerprint density at radius 1 is 1.08 bits per heavy atom. The molecule has 1 nitrogen and oxygen atoms in total. The fourth-order valence-corrected chi connectivity index (χ4v) is 1.59. The molecule has 0 bridgehead atoms. The average molecular weight is 172 g/mol. The first kappa shape index (κ1) is 8.24. The maximum atomic E-state index is 11.6. The topological polar surface area (TPSA) is 17.1 Å². The van der Waals surface area contributed by atoms with Gasteiger partial charge in [0.2, 0.25) is 0 Å². The standard InChI is InChI=1S/C12H12O/c1-12(2)8-10(11(12)13)9-6-4-3-5-7-9/h3-8H,1-2H3. The van der Waals surface area contributed by atoms with E-state index in [9.17, 15) is 4.79 Å². The van der Waals surface area contributed by atoms with Crippen molar-refractivity contribution in [2.24, 2.45) is 5.41 Å². The van der Waals surface area contributed by atoms with E-state index >= 15 is 0 Å². The second-order valence-corrected chi connectivity index (χ2v) is 3.97. The van der Waals surface area contributed by atoms with Gasteiger partial charge in [-0.1, -0.05) is 36.4 Å². The van der Waals surface area contributed by atoms with Gasteiger partial charge in [-0.2, -0.15) is 0 Å². The summed E-state index contributed by atoms with van der Waals surface area (Å²) in [6.45, 7) is 3.89. The van der Waals surface area contributed by atoms with Crippen molar-refractivity contribution in [2.75, 3.05) is 0 Å². The van der Waals surface area contributed by atoms with E-state index in [-0.39, 0.29) is 11.2 Å². The lowest BCUT2D eigenvalue weighted by Crippen LogP contribution is -2.32. The molecule has 0 aliphatic heterocycles. The molecule has 1 heteroatoms. The first-order valence-electron chi connectivity index (χ1n) is 4.44. The summed E-state index contributed by atoms with van der Waals surface area (Å²) < 4.78 is 0. The van der Waals surface area contributed by atoms with Crippen LogP contribution < -0.4 is 0 Å². The SMILES string of the molecule is CC1(C)C=C(c2ccccc2)C1=O. The molecule has 0 radical (unpaired) electrons. The Labute approximate surface area is 78.1 Å². The molecule has 0 fully saturated rings. The molecule has 2 rings (SSSR count). The number of hydrogen-bond acceptors (Lipinski definition) is 1. The molecule has 0 heterocycles. The normalized spacial score (nSPS) is 19.2. The van der Waals surface area contributed by atoms with Gasteiger partial charge in [-0.15, -0.1) is 0 Å². The highest BCUT2D eigenvalue weighted by Crippen LogP contribution is 2.39. The van der Waals surface area contributed by atoms with E-state index in [1.165, 1.54) is 0 Å².